The SMILES string of the molecule is Cc1cccc(C2/C(=C(/O)c3ccc(OCC(C)C)c(C)c3)C(=O)C(=O)N2c2cc(C)ccc2O)c1. The molecule has 1 atom stereocenters. The summed E-state index contributed by atoms with van der Waals surface area (Å²) in [5, 5.41) is 22.0. The fourth-order valence-corrected chi connectivity index (χ4v) is 4.43. The molecule has 4 rings (SSSR count). The molecular weight excluding hydrogens is 454 g/mol. The lowest BCUT2D eigenvalue weighted by Gasteiger charge is -2.26. The minimum atomic E-state index is -0.908. The van der Waals surface area contributed by atoms with E-state index >= 15 is 0 Å². The minimum absolute atomic E-state index is 0.0262. The first-order valence-corrected chi connectivity index (χ1v) is 12.0. The van der Waals surface area contributed by atoms with Crippen LogP contribution in [-0.2, 0) is 9.59 Å². The Kier molecular flexibility index (Phi) is 6.88. The van der Waals surface area contributed by atoms with Crippen molar-refractivity contribution in [2.45, 2.75) is 40.7 Å². The van der Waals surface area contributed by atoms with Gasteiger partial charge in [-0.25, -0.2) is 0 Å². The van der Waals surface area contributed by atoms with Crippen molar-refractivity contribution in [2.24, 2.45) is 5.92 Å². The number of benzene rings is 3. The van der Waals surface area contributed by atoms with Crippen molar-refractivity contribution < 1.29 is 24.5 Å². The van der Waals surface area contributed by atoms with E-state index in [0.29, 0.717) is 29.4 Å². The van der Waals surface area contributed by atoms with Crippen LogP contribution in [-0.4, -0.2) is 28.5 Å². The smallest absolute Gasteiger partial charge is 0.300 e. The van der Waals surface area contributed by atoms with Gasteiger partial charge in [0.2, 0.25) is 0 Å². The maximum atomic E-state index is 13.4. The van der Waals surface area contributed by atoms with Gasteiger partial charge in [-0.15, -0.1) is 0 Å². The number of carbonyl (C=O) groups is 2. The number of aromatic hydroxyl groups is 1. The molecule has 1 heterocycles. The molecule has 1 fully saturated rings. The highest BCUT2D eigenvalue weighted by Gasteiger charge is 2.47. The average Bonchev–Trinajstić information content (AvgIpc) is 3.09. The van der Waals surface area contributed by atoms with Gasteiger partial charge in [0.05, 0.1) is 23.9 Å². The summed E-state index contributed by atoms with van der Waals surface area (Å²) < 4.78 is 5.84. The first-order valence-electron chi connectivity index (χ1n) is 12.0. The van der Waals surface area contributed by atoms with Gasteiger partial charge in [0, 0.05) is 5.56 Å². The van der Waals surface area contributed by atoms with E-state index in [1.54, 1.807) is 30.3 Å². The molecule has 3 aromatic carbocycles. The van der Waals surface area contributed by atoms with Crippen LogP contribution in [0, 0.1) is 26.7 Å². The Morgan fingerprint density at radius 3 is 2.36 bits per heavy atom. The van der Waals surface area contributed by atoms with Crippen molar-refractivity contribution in [1.82, 2.24) is 0 Å². The van der Waals surface area contributed by atoms with Gasteiger partial charge in [-0.2, -0.15) is 0 Å². The van der Waals surface area contributed by atoms with Crippen molar-refractivity contribution in [3.05, 3.63) is 94.1 Å². The molecular formula is C30H31NO5. The minimum Gasteiger partial charge on any atom is -0.507 e. The van der Waals surface area contributed by atoms with E-state index in [-0.39, 0.29) is 22.8 Å². The molecule has 0 aliphatic carbocycles. The number of aliphatic hydroxyl groups excluding tert-OH is 1. The average molecular weight is 486 g/mol. The van der Waals surface area contributed by atoms with Gasteiger partial charge in [0.25, 0.3) is 11.7 Å². The van der Waals surface area contributed by atoms with Crippen LogP contribution in [0.5, 0.6) is 11.5 Å². The van der Waals surface area contributed by atoms with Gasteiger partial charge < -0.3 is 14.9 Å². The molecule has 1 aliphatic rings. The molecule has 0 bridgehead atoms. The quantitative estimate of drug-likeness (QED) is 0.255. The number of hydrogen-bond acceptors (Lipinski definition) is 5. The van der Waals surface area contributed by atoms with Crippen LogP contribution in [0.25, 0.3) is 5.76 Å². The number of hydrogen-bond donors (Lipinski definition) is 2. The van der Waals surface area contributed by atoms with Gasteiger partial charge in [-0.05, 0) is 73.7 Å². The lowest BCUT2D eigenvalue weighted by Crippen LogP contribution is -2.29. The van der Waals surface area contributed by atoms with Gasteiger partial charge >= 0.3 is 0 Å². The van der Waals surface area contributed by atoms with Gasteiger partial charge in [0.15, 0.2) is 0 Å². The number of nitrogens with zero attached hydrogens (tertiary/aromatic N) is 1. The number of aliphatic hydroxyl groups is 1. The topological polar surface area (TPSA) is 87.1 Å². The van der Waals surface area contributed by atoms with Crippen molar-refractivity contribution in [1.29, 1.82) is 0 Å². The zero-order valence-electron chi connectivity index (χ0n) is 21.2. The van der Waals surface area contributed by atoms with E-state index < -0.39 is 17.7 Å². The van der Waals surface area contributed by atoms with Gasteiger partial charge in [-0.1, -0.05) is 49.7 Å². The maximum absolute atomic E-state index is 13.4. The van der Waals surface area contributed by atoms with Gasteiger partial charge in [-0.3, -0.25) is 14.5 Å². The Balaban J connectivity index is 1.89. The molecule has 6 nitrogen and oxygen atoms in total. The second-order valence-electron chi connectivity index (χ2n) is 9.76. The zero-order valence-corrected chi connectivity index (χ0v) is 21.2. The fraction of sp³-hybridized carbons (Fsp3) is 0.267. The molecule has 0 spiro atoms. The van der Waals surface area contributed by atoms with E-state index in [9.17, 15) is 19.8 Å². The van der Waals surface area contributed by atoms with E-state index in [2.05, 4.69) is 13.8 Å². The number of ketones is 1. The summed E-state index contributed by atoms with van der Waals surface area (Å²) in [5.41, 5.74) is 3.82. The van der Waals surface area contributed by atoms with Crippen molar-refractivity contribution in [3.8, 4) is 11.5 Å². The number of phenols is 1. The Hall–Kier alpha value is -4.06. The van der Waals surface area contributed by atoms with Crippen LogP contribution >= 0.6 is 0 Å². The molecule has 1 unspecified atom stereocenters. The summed E-state index contributed by atoms with van der Waals surface area (Å²) in [5.74, 6) is -0.952. The molecule has 0 saturated carbocycles. The molecule has 3 aromatic rings. The Labute approximate surface area is 211 Å². The monoisotopic (exact) mass is 485 g/mol. The number of phenolic OH excluding ortho intramolecular Hbond substituents is 1. The van der Waals surface area contributed by atoms with Crippen LogP contribution < -0.4 is 9.64 Å². The Morgan fingerprint density at radius 1 is 0.972 bits per heavy atom. The molecule has 6 heteroatoms. The molecule has 2 N–H and O–H groups in total. The summed E-state index contributed by atoms with van der Waals surface area (Å²) in [6.45, 7) is 10.3. The van der Waals surface area contributed by atoms with Crippen LogP contribution in [0.15, 0.2) is 66.2 Å². The van der Waals surface area contributed by atoms with E-state index in [1.807, 2.05) is 45.0 Å². The highest BCUT2D eigenvalue weighted by molar-refractivity contribution is 6.52. The molecule has 186 valence electrons. The summed E-state index contributed by atoms with van der Waals surface area (Å²) in [4.78, 5) is 28.0. The lowest BCUT2D eigenvalue weighted by molar-refractivity contribution is -0.132. The lowest BCUT2D eigenvalue weighted by atomic mass is 9.93. The number of Topliss-reactive ketones (excluding diaryl/α,β-unsaturated/α-hetero) is 1. The zero-order chi connectivity index (χ0) is 26.1. The predicted molar refractivity (Wildman–Crippen MR) is 140 cm³/mol. The number of amides is 1. The molecule has 36 heavy (non-hydrogen) atoms. The number of ether oxygens (including phenoxy) is 1. The first-order chi connectivity index (χ1) is 17.1. The van der Waals surface area contributed by atoms with Crippen LogP contribution in [0.4, 0.5) is 5.69 Å². The number of carbonyl (C=O) groups excluding carboxylic acids is 2. The fourth-order valence-electron chi connectivity index (χ4n) is 4.43. The summed E-state index contributed by atoms with van der Waals surface area (Å²) in [6, 6.07) is 16.6. The van der Waals surface area contributed by atoms with Crippen molar-refractivity contribution >= 4 is 23.1 Å². The molecule has 0 aromatic heterocycles. The third-order valence-corrected chi connectivity index (χ3v) is 6.21. The molecule has 1 aliphatic heterocycles. The molecule has 1 amide bonds. The van der Waals surface area contributed by atoms with Crippen LogP contribution in [0.1, 0.15) is 47.7 Å². The second kappa shape index (κ2) is 9.90. The first kappa shape index (κ1) is 25.0. The number of anilines is 1. The van der Waals surface area contributed by atoms with Gasteiger partial charge in [0.1, 0.15) is 17.3 Å². The van der Waals surface area contributed by atoms with Crippen molar-refractivity contribution in [2.75, 3.05) is 11.5 Å². The second-order valence-corrected chi connectivity index (χ2v) is 9.76. The predicted octanol–water partition coefficient (Wildman–Crippen LogP) is 5.98. The van der Waals surface area contributed by atoms with E-state index in [0.717, 1.165) is 16.7 Å². The summed E-state index contributed by atoms with van der Waals surface area (Å²) in [7, 11) is 0. The van der Waals surface area contributed by atoms with Crippen molar-refractivity contribution in [3.63, 3.8) is 0 Å². The standard InChI is InChI=1S/C30H31NO5/c1-17(2)16-36-25-12-10-22(15-20(25)5)28(33)26-27(21-8-6-7-18(3)13-21)31(30(35)29(26)34)23-14-19(4)9-11-24(23)32/h6-15,17,27,32-33H,16H2,1-5H3/b28-26-. The van der Waals surface area contributed by atoms with Crippen LogP contribution in [0.2, 0.25) is 0 Å². The number of aryl methyl sites for hydroxylation is 3. The van der Waals surface area contributed by atoms with Crippen LogP contribution in [0.3, 0.4) is 0 Å². The Bertz CT molecular complexity index is 1370. The Morgan fingerprint density at radius 2 is 1.69 bits per heavy atom. The summed E-state index contributed by atoms with van der Waals surface area (Å²) in [6.07, 6.45) is 0. The summed E-state index contributed by atoms with van der Waals surface area (Å²) >= 11 is 0. The normalized spacial score (nSPS) is 17.2. The molecule has 1 saturated heterocycles. The maximum Gasteiger partial charge on any atom is 0.300 e. The van der Waals surface area contributed by atoms with E-state index in [1.165, 1.54) is 11.0 Å². The third kappa shape index (κ3) is 4.71. The highest BCUT2D eigenvalue weighted by Crippen LogP contribution is 2.45. The molecule has 0 radical (unpaired) electrons. The van der Waals surface area contributed by atoms with E-state index in [4.69, 9.17) is 4.74 Å². The highest BCUT2D eigenvalue weighted by atomic mass is 16.5. The third-order valence-electron chi connectivity index (χ3n) is 6.21. The largest absolute Gasteiger partial charge is 0.507 e. The number of rotatable bonds is 6.